The van der Waals surface area contributed by atoms with Crippen LogP contribution in [-0.4, -0.2) is 19.4 Å². The molecule has 1 aromatic carbocycles. The van der Waals surface area contributed by atoms with Gasteiger partial charge < -0.3 is 4.74 Å². The summed E-state index contributed by atoms with van der Waals surface area (Å²) in [5.74, 6) is 0.792. The summed E-state index contributed by atoms with van der Waals surface area (Å²) >= 11 is 0. The third-order valence-corrected chi connectivity index (χ3v) is 6.81. The van der Waals surface area contributed by atoms with Gasteiger partial charge in [-0.3, -0.25) is 4.99 Å². The molecular formula is C23H33F2NO. The average Bonchev–Trinajstić information content (AvgIpc) is 2.71. The van der Waals surface area contributed by atoms with Gasteiger partial charge in [0.15, 0.2) is 11.6 Å². The van der Waals surface area contributed by atoms with Crippen LogP contribution in [0.4, 0.5) is 8.78 Å². The Labute approximate surface area is 162 Å². The van der Waals surface area contributed by atoms with E-state index in [1.54, 1.807) is 19.1 Å². The summed E-state index contributed by atoms with van der Waals surface area (Å²) in [5, 5.41) is 0. The second-order valence-electron chi connectivity index (χ2n) is 8.35. The van der Waals surface area contributed by atoms with Gasteiger partial charge in [-0.1, -0.05) is 18.9 Å². The molecule has 0 aromatic heterocycles. The van der Waals surface area contributed by atoms with Gasteiger partial charge in [0.2, 0.25) is 5.82 Å². The highest BCUT2D eigenvalue weighted by atomic mass is 19.2. The Kier molecular flexibility index (Phi) is 7.26. The van der Waals surface area contributed by atoms with Crippen LogP contribution in [0.5, 0.6) is 5.75 Å². The number of halogens is 2. The predicted octanol–water partition coefficient (Wildman–Crippen LogP) is 6.36. The summed E-state index contributed by atoms with van der Waals surface area (Å²) in [6.45, 7) is 5.80. The maximum Gasteiger partial charge on any atom is 0.200 e. The van der Waals surface area contributed by atoms with Crippen LogP contribution in [0.3, 0.4) is 0 Å². The van der Waals surface area contributed by atoms with E-state index in [2.05, 4.69) is 11.7 Å². The number of hydrogen-bond acceptors (Lipinski definition) is 2. The molecule has 27 heavy (non-hydrogen) atoms. The fraction of sp³-hybridized carbons (Fsp3) is 0.696. The van der Waals surface area contributed by atoms with Gasteiger partial charge in [0.25, 0.3) is 0 Å². The molecule has 0 N–H and O–H groups in total. The van der Waals surface area contributed by atoms with Crippen LogP contribution < -0.4 is 4.74 Å². The number of hydrogen-bond donors (Lipinski definition) is 0. The quantitative estimate of drug-likeness (QED) is 0.507. The van der Waals surface area contributed by atoms with Gasteiger partial charge in [0.1, 0.15) is 0 Å². The molecule has 150 valence electrons. The van der Waals surface area contributed by atoms with Gasteiger partial charge in [0, 0.05) is 6.04 Å². The number of nitrogens with zero attached hydrogens (tertiary/aromatic N) is 1. The maximum absolute atomic E-state index is 14.2. The van der Waals surface area contributed by atoms with Crippen LogP contribution >= 0.6 is 0 Å². The Morgan fingerprint density at radius 1 is 0.963 bits per heavy atom. The molecule has 0 amide bonds. The Balaban J connectivity index is 1.45. The van der Waals surface area contributed by atoms with Crippen molar-refractivity contribution >= 4 is 6.72 Å². The zero-order valence-corrected chi connectivity index (χ0v) is 16.6. The summed E-state index contributed by atoms with van der Waals surface area (Å²) < 4.78 is 33.4. The van der Waals surface area contributed by atoms with E-state index in [4.69, 9.17) is 4.74 Å². The van der Waals surface area contributed by atoms with Crippen molar-refractivity contribution < 1.29 is 13.5 Å². The second kappa shape index (κ2) is 9.66. The van der Waals surface area contributed by atoms with Crippen molar-refractivity contribution in [2.45, 2.75) is 77.2 Å². The van der Waals surface area contributed by atoms with E-state index >= 15 is 0 Å². The first-order chi connectivity index (χ1) is 13.1. The summed E-state index contributed by atoms with van der Waals surface area (Å²) in [6, 6.07) is 3.73. The molecular weight excluding hydrogens is 344 g/mol. The number of aryl methyl sites for hydroxylation is 1. The molecule has 0 aliphatic heterocycles. The smallest absolute Gasteiger partial charge is 0.200 e. The van der Waals surface area contributed by atoms with Crippen LogP contribution in [0.25, 0.3) is 0 Å². The summed E-state index contributed by atoms with van der Waals surface area (Å²) in [5.41, 5.74) is 0.480. The summed E-state index contributed by atoms with van der Waals surface area (Å²) in [4.78, 5) is 4.21. The minimum atomic E-state index is -0.845. The fourth-order valence-corrected chi connectivity index (χ4v) is 5.10. The van der Waals surface area contributed by atoms with Gasteiger partial charge in [-0.15, -0.1) is 0 Å². The van der Waals surface area contributed by atoms with Crippen LogP contribution in [0.15, 0.2) is 17.1 Å². The highest BCUT2D eigenvalue weighted by molar-refractivity contribution is 5.31. The monoisotopic (exact) mass is 377 g/mol. The molecule has 0 atom stereocenters. The molecule has 2 saturated carbocycles. The maximum atomic E-state index is 14.2. The lowest BCUT2D eigenvalue weighted by atomic mass is 9.69. The fourth-order valence-electron chi connectivity index (χ4n) is 5.10. The molecule has 0 radical (unpaired) electrons. The third kappa shape index (κ3) is 5.08. The second-order valence-corrected chi connectivity index (χ2v) is 8.35. The van der Waals surface area contributed by atoms with Crippen molar-refractivity contribution in [1.29, 1.82) is 0 Å². The minimum Gasteiger partial charge on any atom is -0.491 e. The highest BCUT2D eigenvalue weighted by Gasteiger charge is 2.30. The van der Waals surface area contributed by atoms with E-state index in [0.717, 1.165) is 18.3 Å². The lowest BCUT2D eigenvalue weighted by Gasteiger charge is -2.37. The van der Waals surface area contributed by atoms with E-state index < -0.39 is 11.6 Å². The van der Waals surface area contributed by atoms with Gasteiger partial charge in [-0.25, -0.2) is 4.39 Å². The van der Waals surface area contributed by atoms with E-state index in [-0.39, 0.29) is 5.75 Å². The molecule has 2 nitrogen and oxygen atoms in total. The zero-order valence-electron chi connectivity index (χ0n) is 16.6. The molecule has 2 aliphatic rings. The highest BCUT2D eigenvalue weighted by Crippen LogP contribution is 2.41. The van der Waals surface area contributed by atoms with E-state index in [0.29, 0.717) is 30.6 Å². The van der Waals surface area contributed by atoms with Crippen LogP contribution in [0.2, 0.25) is 0 Å². The Bertz CT molecular complexity index is 617. The van der Waals surface area contributed by atoms with Gasteiger partial charge in [-0.2, -0.15) is 4.39 Å². The largest absolute Gasteiger partial charge is 0.491 e. The molecule has 2 fully saturated rings. The Morgan fingerprint density at radius 3 is 2.19 bits per heavy atom. The first-order valence-corrected chi connectivity index (χ1v) is 10.7. The topological polar surface area (TPSA) is 21.6 Å². The van der Waals surface area contributed by atoms with Gasteiger partial charge >= 0.3 is 0 Å². The first-order valence-electron chi connectivity index (χ1n) is 10.7. The molecule has 1 aromatic rings. The molecule has 0 saturated heterocycles. The van der Waals surface area contributed by atoms with E-state index in [9.17, 15) is 8.78 Å². The van der Waals surface area contributed by atoms with Crippen LogP contribution in [0, 0.1) is 29.4 Å². The molecule has 2 aliphatic carbocycles. The summed E-state index contributed by atoms with van der Waals surface area (Å²) in [6.07, 6.45) is 11.6. The average molecular weight is 378 g/mol. The van der Waals surface area contributed by atoms with Crippen molar-refractivity contribution in [1.82, 2.24) is 0 Å². The van der Waals surface area contributed by atoms with Crippen molar-refractivity contribution in [2.24, 2.45) is 22.7 Å². The summed E-state index contributed by atoms with van der Waals surface area (Å²) in [7, 11) is 0. The minimum absolute atomic E-state index is 0.0145. The number of ether oxygens (including phenoxy) is 1. The van der Waals surface area contributed by atoms with E-state index in [1.165, 1.54) is 51.4 Å². The Hall–Kier alpha value is -1.45. The molecule has 3 rings (SSSR count). The standard InChI is InChI=1S/C23H33F2NO/c1-3-27-21-15-12-19(22(24)23(21)25)9-6-16-4-7-17(8-5-16)18-10-13-20(26-2)14-11-18/h12,15-18,20H,2-11,13-14H2,1H3. The lowest BCUT2D eigenvalue weighted by molar-refractivity contribution is 0.158. The zero-order chi connectivity index (χ0) is 19.2. The Morgan fingerprint density at radius 2 is 1.59 bits per heavy atom. The lowest BCUT2D eigenvalue weighted by Crippen LogP contribution is -2.27. The normalized spacial score (nSPS) is 28.7. The van der Waals surface area contributed by atoms with Crippen LogP contribution in [0.1, 0.15) is 70.3 Å². The van der Waals surface area contributed by atoms with Crippen molar-refractivity contribution in [3.63, 3.8) is 0 Å². The van der Waals surface area contributed by atoms with Gasteiger partial charge in [-0.05, 0) is 94.4 Å². The van der Waals surface area contributed by atoms with Crippen molar-refractivity contribution in [3.8, 4) is 5.75 Å². The molecule has 4 heteroatoms. The van der Waals surface area contributed by atoms with Gasteiger partial charge in [0.05, 0.1) is 6.61 Å². The molecule has 0 unspecified atom stereocenters. The van der Waals surface area contributed by atoms with Crippen LogP contribution in [-0.2, 0) is 6.42 Å². The third-order valence-electron chi connectivity index (χ3n) is 6.81. The first kappa shape index (κ1) is 20.3. The number of benzene rings is 1. The molecule has 0 heterocycles. The molecule has 0 bridgehead atoms. The molecule has 0 spiro atoms. The number of rotatable bonds is 7. The van der Waals surface area contributed by atoms with Crippen molar-refractivity contribution in [2.75, 3.05) is 6.61 Å². The SMILES string of the molecule is C=NC1CCC(C2CCC(CCc3ccc(OCC)c(F)c3F)CC2)CC1. The predicted molar refractivity (Wildman–Crippen MR) is 107 cm³/mol. The van der Waals surface area contributed by atoms with E-state index in [1.807, 2.05) is 0 Å². The number of aliphatic imine (C=N–C) groups is 1. The van der Waals surface area contributed by atoms with Crippen molar-refractivity contribution in [3.05, 3.63) is 29.3 Å².